The van der Waals surface area contributed by atoms with E-state index in [1.165, 1.54) is 4.90 Å². The molecule has 0 spiro atoms. The van der Waals surface area contributed by atoms with Gasteiger partial charge in [0.2, 0.25) is 5.91 Å². The fourth-order valence-corrected chi connectivity index (χ4v) is 4.10. The molecule has 10 nitrogen and oxygen atoms in total. The summed E-state index contributed by atoms with van der Waals surface area (Å²) in [6.45, 7) is 5.22. The number of rotatable bonds is 12. The summed E-state index contributed by atoms with van der Waals surface area (Å²) in [7, 11) is 1.67. The largest absolute Gasteiger partial charge is 0.482 e. The Labute approximate surface area is 239 Å². The van der Waals surface area contributed by atoms with Gasteiger partial charge in [0.1, 0.15) is 5.75 Å². The maximum Gasteiger partial charge on any atom is 0.319 e. The number of nitrogens with one attached hydrogen (secondary N) is 2. The highest BCUT2D eigenvalue weighted by Gasteiger charge is 2.33. The molecule has 0 aliphatic rings. The monoisotopic (exact) mass is 560 g/mol. The zero-order chi connectivity index (χ0) is 30.0. The van der Waals surface area contributed by atoms with Crippen LogP contribution in [-0.4, -0.2) is 54.7 Å². The van der Waals surface area contributed by atoms with Gasteiger partial charge in [0.25, 0.3) is 5.91 Å². The van der Waals surface area contributed by atoms with Crippen molar-refractivity contribution < 1.29 is 29.0 Å². The lowest BCUT2D eigenvalue weighted by Gasteiger charge is -2.39. The zero-order valence-electron chi connectivity index (χ0n) is 23.7. The first kappa shape index (κ1) is 30.7. The quantitative estimate of drug-likeness (QED) is 0.295. The third-order valence-electron chi connectivity index (χ3n) is 6.64. The SMILES string of the molecule is CCC(C)(C)N(C(=O)CNC(=O)Nc1cccc(CC(=O)O)c1)c1ccccc1OCC(=O)N(C)c1ccccc1. The second-order valence-electron chi connectivity index (χ2n) is 10.0. The lowest BCUT2D eigenvalue weighted by Crippen LogP contribution is -2.52. The number of urea groups is 1. The summed E-state index contributed by atoms with van der Waals surface area (Å²) in [5.74, 6) is -1.26. The third kappa shape index (κ3) is 8.56. The predicted molar refractivity (Wildman–Crippen MR) is 158 cm³/mol. The molecule has 10 heteroatoms. The highest BCUT2D eigenvalue weighted by molar-refractivity contribution is 6.00. The molecular formula is C31H36N4O6. The Morgan fingerprint density at radius 1 is 0.902 bits per heavy atom. The fourth-order valence-electron chi connectivity index (χ4n) is 4.10. The Bertz CT molecular complexity index is 1380. The molecule has 216 valence electrons. The van der Waals surface area contributed by atoms with Crippen molar-refractivity contribution in [3.63, 3.8) is 0 Å². The lowest BCUT2D eigenvalue weighted by molar-refractivity contribution is -0.136. The van der Waals surface area contributed by atoms with Gasteiger partial charge in [-0.3, -0.25) is 14.4 Å². The zero-order valence-corrected chi connectivity index (χ0v) is 23.7. The van der Waals surface area contributed by atoms with Crippen LogP contribution >= 0.6 is 0 Å². The van der Waals surface area contributed by atoms with Crippen LogP contribution in [0.5, 0.6) is 5.75 Å². The van der Waals surface area contributed by atoms with Gasteiger partial charge in [0.05, 0.1) is 18.7 Å². The first-order chi connectivity index (χ1) is 19.5. The molecule has 0 saturated carbocycles. The van der Waals surface area contributed by atoms with Crippen molar-refractivity contribution in [3.8, 4) is 5.75 Å². The molecule has 0 heterocycles. The summed E-state index contributed by atoms with van der Waals surface area (Å²) in [6, 6.07) is 22.0. The van der Waals surface area contributed by atoms with Crippen LogP contribution in [0.2, 0.25) is 0 Å². The lowest BCUT2D eigenvalue weighted by atomic mass is 9.97. The maximum atomic E-state index is 13.6. The molecular weight excluding hydrogens is 524 g/mol. The molecule has 4 amide bonds. The standard InChI is InChI=1S/C31H36N4O6/c1-5-31(2,3)35(27(36)20-32-30(40)33-23-13-11-12-22(18-23)19-29(38)39)25-16-9-10-17-26(25)41-21-28(37)34(4)24-14-7-6-8-15-24/h6-18H,5,19-21H2,1-4H3,(H,38,39)(H2,32,33,40). The molecule has 3 N–H and O–H groups in total. The number of para-hydroxylation sites is 3. The van der Waals surface area contributed by atoms with Crippen molar-refractivity contribution >= 4 is 40.9 Å². The van der Waals surface area contributed by atoms with Crippen molar-refractivity contribution in [3.05, 3.63) is 84.4 Å². The van der Waals surface area contributed by atoms with Crippen LogP contribution in [0.25, 0.3) is 0 Å². The Kier molecular flexibility index (Phi) is 10.5. The van der Waals surface area contributed by atoms with Gasteiger partial charge in [-0.25, -0.2) is 4.79 Å². The van der Waals surface area contributed by atoms with Gasteiger partial charge in [-0.05, 0) is 62.2 Å². The summed E-state index contributed by atoms with van der Waals surface area (Å²) in [6.07, 6.45) is 0.428. The minimum Gasteiger partial charge on any atom is -0.482 e. The molecule has 0 bridgehead atoms. The number of anilines is 3. The number of hydrogen-bond donors (Lipinski definition) is 3. The number of amides is 4. The fraction of sp³-hybridized carbons (Fsp3) is 0.290. The number of carboxylic acids is 1. The molecule has 0 fully saturated rings. The highest BCUT2D eigenvalue weighted by atomic mass is 16.5. The number of hydrogen-bond acceptors (Lipinski definition) is 5. The number of ether oxygens (including phenoxy) is 1. The summed E-state index contributed by atoms with van der Waals surface area (Å²) in [4.78, 5) is 53.0. The second-order valence-corrected chi connectivity index (χ2v) is 10.0. The Hall–Kier alpha value is -4.86. The molecule has 3 aromatic carbocycles. The summed E-state index contributed by atoms with van der Waals surface area (Å²) >= 11 is 0. The van der Waals surface area contributed by atoms with E-state index in [2.05, 4.69) is 10.6 Å². The van der Waals surface area contributed by atoms with Crippen LogP contribution in [0.15, 0.2) is 78.9 Å². The molecule has 0 saturated heterocycles. The van der Waals surface area contributed by atoms with Gasteiger partial charge in [-0.15, -0.1) is 0 Å². The van der Waals surface area contributed by atoms with Gasteiger partial charge >= 0.3 is 12.0 Å². The normalized spacial score (nSPS) is 10.8. The van der Waals surface area contributed by atoms with Crippen LogP contribution in [0.4, 0.5) is 21.9 Å². The van der Waals surface area contributed by atoms with E-state index in [9.17, 15) is 19.2 Å². The summed E-state index contributed by atoms with van der Waals surface area (Å²) < 4.78 is 5.93. The van der Waals surface area contributed by atoms with Crippen LogP contribution < -0.4 is 25.2 Å². The van der Waals surface area contributed by atoms with E-state index >= 15 is 0 Å². The third-order valence-corrected chi connectivity index (χ3v) is 6.64. The minimum absolute atomic E-state index is 0.174. The highest BCUT2D eigenvalue weighted by Crippen LogP contribution is 2.34. The Morgan fingerprint density at radius 3 is 2.27 bits per heavy atom. The van der Waals surface area contributed by atoms with Crippen molar-refractivity contribution in [1.29, 1.82) is 0 Å². The van der Waals surface area contributed by atoms with Crippen molar-refractivity contribution in [2.75, 3.05) is 35.3 Å². The molecule has 0 aliphatic carbocycles. The number of nitrogens with zero attached hydrogens (tertiary/aromatic N) is 2. The molecule has 3 rings (SSSR count). The molecule has 0 aromatic heterocycles. The molecule has 0 unspecified atom stereocenters. The summed E-state index contributed by atoms with van der Waals surface area (Å²) in [5, 5.41) is 14.2. The van der Waals surface area contributed by atoms with E-state index in [0.717, 1.165) is 5.69 Å². The molecule has 41 heavy (non-hydrogen) atoms. The first-order valence-electron chi connectivity index (χ1n) is 13.2. The number of carbonyl (C=O) groups excluding carboxylic acids is 3. The summed E-state index contributed by atoms with van der Waals surface area (Å²) in [5.41, 5.74) is 1.50. The minimum atomic E-state index is -0.979. The number of carboxylic acid groups (broad SMARTS) is 1. The molecule has 0 aliphatic heterocycles. The second kappa shape index (κ2) is 14.0. The van der Waals surface area contributed by atoms with Gasteiger partial charge in [-0.2, -0.15) is 0 Å². The molecule has 0 radical (unpaired) electrons. The predicted octanol–water partition coefficient (Wildman–Crippen LogP) is 4.70. The smallest absolute Gasteiger partial charge is 0.319 e. The molecule has 0 atom stereocenters. The van der Waals surface area contributed by atoms with Crippen LogP contribution in [-0.2, 0) is 20.8 Å². The van der Waals surface area contributed by atoms with E-state index in [0.29, 0.717) is 29.1 Å². The number of benzene rings is 3. The number of likely N-dealkylation sites (N-methyl/N-ethyl adjacent to an activating group) is 1. The topological polar surface area (TPSA) is 128 Å². The van der Waals surface area contributed by atoms with Crippen molar-refractivity contribution in [1.82, 2.24) is 5.32 Å². The van der Waals surface area contributed by atoms with Gasteiger partial charge < -0.3 is 30.3 Å². The number of aliphatic carboxylic acids is 1. The van der Waals surface area contributed by atoms with E-state index in [1.54, 1.807) is 60.5 Å². The van der Waals surface area contributed by atoms with Crippen LogP contribution in [0.3, 0.4) is 0 Å². The Morgan fingerprint density at radius 2 is 1.59 bits per heavy atom. The van der Waals surface area contributed by atoms with E-state index in [1.807, 2.05) is 51.1 Å². The average Bonchev–Trinajstić information content (AvgIpc) is 2.95. The molecule has 3 aromatic rings. The van der Waals surface area contributed by atoms with Gasteiger partial charge in [-0.1, -0.05) is 49.4 Å². The van der Waals surface area contributed by atoms with Crippen LogP contribution in [0, 0.1) is 0 Å². The van der Waals surface area contributed by atoms with Crippen LogP contribution in [0.1, 0.15) is 32.8 Å². The first-order valence-corrected chi connectivity index (χ1v) is 13.2. The Balaban J connectivity index is 1.72. The van der Waals surface area contributed by atoms with Crippen molar-refractivity contribution in [2.45, 2.75) is 39.2 Å². The van der Waals surface area contributed by atoms with E-state index in [4.69, 9.17) is 9.84 Å². The van der Waals surface area contributed by atoms with Gasteiger partial charge in [0.15, 0.2) is 6.61 Å². The van der Waals surface area contributed by atoms with Gasteiger partial charge in [0, 0.05) is 24.0 Å². The van der Waals surface area contributed by atoms with Crippen molar-refractivity contribution in [2.24, 2.45) is 0 Å². The maximum absolute atomic E-state index is 13.6. The van der Waals surface area contributed by atoms with E-state index < -0.39 is 17.5 Å². The number of carbonyl (C=O) groups is 4. The van der Waals surface area contributed by atoms with E-state index in [-0.39, 0.29) is 31.4 Å². The average molecular weight is 561 g/mol.